The number of hydrogen-bond acceptors (Lipinski definition) is 4. The lowest BCUT2D eigenvalue weighted by atomic mass is 9.57. The van der Waals surface area contributed by atoms with Crippen molar-refractivity contribution in [2.45, 2.75) is 55.8 Å². The van der Waals surface area contributed by atoms with E-state index in [4.69, 9.17) is 9.47 Å². The summed E-state index contributed by atoms with van der Waals surface area (Å²) in [5.74, 6) is 1.58. The second kappa shape index (κ2) is 11.3. The Labute approximate surface area is 228 Å². The molecule has 210 valence electrons. The van der Waals surface area contributed by atoms with Crippen molar-refractivity contribution in [1.82, 2.24) is 10.2 Å². The van der Waals surface area contributed by atoms with E-state index in [2.05, 4.69) is 22.3 Å². The highest BCUT2D eigenvalue weighted by molar-refractivity contribution is 5.92. The first-order chi connectivity index (χ1) is 18.7. The molecule has 2 aromatic carbocycles. The van der Waals surface area contributed by atoms with Crippen molar-refractivity contribution >= 4 is 12.0 Å². The molecule has 1 heterocycles. The number of halogens is 3. The first kappa shape index (κ1) is 27.7. The molecule has 4 atom stereocenters. The summed E-state index contributed by atoms with van der Waals surface area (Å²) in [5, 5.41) is 3.14. The Morgan fingerprint density at radius 3 is 2.67 bits per heavy atom. The summed E-state index contributed by atoms with van der Waals surface area (Å²) in [6, 6.07) is 13.1. The second-order valence-electron chi connectivity index (χ2n) is 11.3. The number of methoxy groups -OCH3 is 2. The van der Waals surface area contributed by atoms with Crippen molar-refractivity contribution in [3.63, 3.8) is 0 Å². The van der Waals surface area contributed by atoms with Crippen LogP contribution in [0.3, 0.4) is 0 Å². The highest BCUT2D eigenvalue weighted by Gasteiger charge is 2.53. The average molecular weight is 543 g/mol. The van der Waals surface area contributed by atoms with Gasteiger partial charge in [-0.1, -0.05) is 24.3 Å². The van der Waals surface area contributed by atoms with E-state index in [1.807, 2.05) is 12.1 Å². The maximum atomic E-state index is 13.1. The lowest BCUT2D eigenvalue weighted by molar-refractivity contribution is -0.137. The van der Waals surface area contributed by atoms with Crippen LogP contribution in [0.25, 0.3) is 6.08 Å². The van der Waals surface area contributed by atoms with Crippen LogP contribution in [0.2, 0.25) is 0 Å². The largest absolute Gasteiger partial charge is 0.497 e. The number of piperidine rings is 1. The predicted octanol–water partition coefficient (Wildman–Crippen LogP) is 5.69. The van der Waals surface area contributed by atoms with Crippen molar-refractivity contribution in [1.29, 1.82) is 0 Å². The topological polar surface area (TPSA) is 50.8 Å². The molecule has 3 aliphatic rings. The van der Waals surface area contributed by atoms with E-state index in [9.17, 15) is 18.0 Å². The summed E-state index contributed by atoms with van der Waals surface area (Å²) in [7, 11) is 3.42. The normalized spacial score (nSPS) is 27.8. The van der Waals surface area contributed by atoms with Crippen LogP contribution in [-0.4, -0.2) is 56.8 Å². The molecule has 0 aromatic heterocycles. The van der Waals surface area contributed by atoms with E-state index in [1.165, 1.54) is 36.6 Å². The number of ether oxygens (including phenoxy) is 2. The molecule has 1 N–H and O–H groups in total. The lowest BCUT2D eigenvalue weighted by Crippen LogP contribution is -2.61. The Kier molecular flexibility index (Phi) is 8.06. The third kappa shape index (κ3) is 6.33. The first-order valence-corrected chi connectivity index (χ1v) is 13.8. The van der Waals surface area contributed by atoms with Gasteiger partial charge in [0.25, 0.3) is 0 Å². The smallest absolute Gasteiger partial charge is 0.416 e. The fourth-order valence-corrected chi connectivity index (χ4v) is 6.63. The van der Waals surface area contributed by atoms with E-state index in [-0.39, 0.29) is 29.4 Å². The SMILES string of the molecule is COc1cccc(C23CCN(CC4CC4)CC2C(OC)CC(NC(=O)/C=C/c2cccc(C(F)(F)F)c2)C3)c1. The molecule has 1 aliphatic heterocycles. The van der Waals surface area contributed by atoms with E-state index in [0.29, 0.717) is 12.0 Å². The molecular weight excluding hydrogens is 505 g/mol. The standard InChI is InChI=1S/C31H37F3N2O3/c1-38-26-8-4-6-23(16-26)30-13-14-36(19-22-9-10-22)20-27(30)28(39-2)17-25(18-30)35-29(37)12-11-21-5-3-7-24(15-21)31(32,33)34/h3-8,11-12,15-16,22,25,27-28H,9-10,13-14,17-20H2,1-2H3,(H,35,37)/b12-11+. The minimum Gasteiger partial charge on any atom is -0.497 e. The number of alkyl halides is 3. The van der Waals surface area contributed by atoms with Crippen LogP contribution in [0.4, 0.5) is 13.2 Å². The Bertz CT molecular complexity index is 1200. The second-order valence-corrected chi connectivity index (χ2v) is 11.3. The van der Waals surface area contributed by atoms with Gasteiger partial charge in [-0.2, -0.15) is 13.2 Å². The number of likely N-dealkylation sites (tertiary alicyclic amines) is 1. The number of carbonyl (C=O) groups is 1. The van der Waals surface area contributed by atoms with Crippen LogP contribution in [0.15, 0.2) is 54.6 Å². The van der Waals surface area contributed by atoms with Crippen LogP contribution in [0, 0.1) is 11.8 Å². The highest BCUT2D eigenvalue weighted by atomic mass is 19.4. The number of benzene rings is 2. The van der Waals surface area contributed by atoms with Gasteiger partial charge in [0.15, 0.2) is 0 Å². The quantitative estimate of drug-likeness (QED) is 0.436. The summed E-state index contributed by atoms with van der Waals surface area (Å²) in [6.07, 6.45) is 3.34. The zero-order valence-corrected chi connectivity index (χ0v) is 22.5. The minimum absolute atomic E-state index is 0.0373. The Morgan fingerprint density at radius 1 is 1.15 bits per heavy atom. The van der Waals surface area contributed by atoms with E-state index in [0.717, 1.165) is 56.3 Å². The van der Waals surface area contributed by atoms with Crippen LogP contribution in [0.5, 0.6) is 5.75 Å². The average Bonchev–Trinajstić information content (AvgIpc) is 3.75. The summed E-state index contributed by atoms with van der Waals surface area (Å²) in [5.41, 5.74) is 0.614. The number of carbonyl (C=O) groups excluding carboxylic acids is 1. The van der Waals surface area contributed by atoms with Crippen molar-refractivity contribution in [2.75, 3.05) is 33.9 Å². The van der Waals surface area contributed by atoms with E-state index < -0.39 is 11.7 Å². The Hall–Kier alpha value is -2.84. The van der Waals surface area contributed by atoms with Gasteiger partial charge < -0.3 is 19.7 Å². The molecule has 5 nitrogen and oxygen atoms in total. The monoisotopic (exact) mass is 542 g/mol. The molecule has 39 heavy (non-hydrogen) atoms. The van der Waals surface area contributed by atoms with Gasteiger partial charge >= 0.3 is 6.18 Å². The van der Waals surface area contributed by atoms with Crippen molar-refractivity contribution in [2.24, 2.45) is 11.8 Å². The predicted molar refractivity (Wildman–Crippen MR) is 144 cm³/mol. The zero-order valence-electron chi connectivity index (χ0n) is 22.5. The fourth-order valence-electron chi connectivity index (χ4n) is 6.63. The molecule has 2 aromatic rings. The van der Waals surface area contributed by atoms with Crippen LogP contribution in [0.1, 0.15) is 48.8 Å². The maximum Gasteiger partial charge on any atom is 0.416 e. The first-order valence-electron chi connectivity index (χ1n) is 13.8. The van der Waals surface area contributed by atoms with Crippen molar-refractivity contribution in [3.05, 3.63) is 71.3 Å². The molecular formula is C31H37F3N2O3. The van der Waals surface area contributed by atoms with Gasteiger partial charge in [0.05, 0.1) is 18.8 Å². The van der Waals surface area contributed by atoms with Crippen molar-refractivity contribution < 1.29 is 27.4 Å². The molecule has 1 saturated heterocycles. The molecule has 0 spiro atoms. The Morgan fingerprint density at radius 2 is 1.95 bits per heavy atom. The van der Waals surface area contributed by atoms with Gasteiger partial charge in [-0.15, -0.1) is 0 Å². The zero-order chi connectivity index (χ0) is 27.6. The summed E-state index contributed by atoms with van der Waals surface area (Å²) >= 11 is 0. The molecule has 5 rings (SSSR count). The number of rotatable bonds is 8. The number of hydrogen-bond donors (Lipinski definition) is 1. The molecule has 1 amide bonds. The van der Waals surface area contributed by atoms with Crippen LogP contribution >= 0.6 is 0 Å². The fraction of sp³-hybridized carbons (Fsp3) is 0.516. The number of nitrogens with one attached hydrogen (secondary N) is 1. The molecule has 4 unspecified atom stereocenters. The highest BCUT2D eigenvalue weighted by Crippen LogP contribution is 2.51. The van der Waals surface area contributed by atoms with Gasteiger partial charge in [-0.05, 0) is 86.0 Å². The summed E-state index contributed by atoms with van der Waals surface area (Å²) < 4.78 is 50.9. The number of nitrogens with zero attached hydrogens (tertiary/aromatic N) is 1. The van der Waals surface area contributed by atoms with Gasteiger partial charge in [-0.25, -0.2) is 0 Å². The van der Waals surface area contributed by atoms with E-state index >= 15 is 0 Å². The molecule has 0 bridgehead atoms. The molecule has 8 heteroatoms. The van der Waals surface area contributed by atoms with Gasteiger partial charge in [-0.3, -0.25) is 4.79 Å². The van der Waals surface area contributed by atoms with Crippen LogP contribution < -0.4 is 10.1 Å². The molecule has 2 saturated carbocycles. The molecule has 2 aliphatic carbocycles. The number of amides is 1. The molecule has 0 radical (unpaired) electrons. The lowest BCUT2D eigenvalue weighted by Gasteiger charge is -2.55. The van der Waals surface area contributed by atoms with E-state index in [1.54, 1.807) is 20.3 Å². The van der Waals surface area contributed by atoms with Crippen LogP contribution in [-0.2, 0) is 21.1 Å². The summed E-state index contributed by atoms with van der Waals surface area (Å²) in [6.45, 7) is 3.10. The molecule has 3 fully saturated rings. The number of fused-ring (bicyclic) bond motifs is 1. The van der Waals surface area contributed by atoms with Gasteiger partial charge in [0.2, 0.25) is 5.91 Å². The minimum atomic E-state index is -4.43. The van der Waals surface area contributed by atoms with Gasteiger partial charge in [0, 0.05) is 43.7 Å². The third-order valence-corrected chi connectivity index (χ3v) is 8.76. The van der Waals surface area contributed by atoms with Crippen molar-refractivity contribution in [3.8, 4) is 5.75 Å². The third-order valence-electron chi connectivity index (χ3n) is 8.76. The Balaban J connectivity index is 1.36. The summed E-state index contributed by atoms with van der Waals surface area (Å²) in [4.78, 5) is 15.5. The van der Waals surface area contributed by atoms with Gasteiger partial charge in [0.1, 0.15) is 5.75 Å². The maximum absolute atomic E-state index is 13.1.